The van der Waals surface area contributed by atoms with Crippen LogP contribution >= 0.6 is 11.3 Å². The van der Waals surface area contributed by atoms with Crippen molar-refractivity contribution in [3.05, 3.63) is 44.7 Å². The van der Waals surface area contributed by atoms with E-state index in [-0.39, 0.29) is 17.6 Å². The minimum atomic E-state index is -0.212. The lowest BCUT2D eigenvalue weighted by atomic mass is 9.97. The van der Waals surface area contributed by atoms with Crippen LogP contribution < -0.4 is 10.9 Å². The Morgan fingerprint density at radius 2 is 2.22 bits per heavy atom. The van der Waals surface area contributed by atoms with Gasteiger partial charge in [0, 0.05) is 24.2 Å². The summed E-state index contributed by atoms with van der Waals surface area (Å²) in [6, 6.07) is 3.47. The molecule has 4 heterocycles. The van der Waals surface area contributed by atoms with E-state index in [0.29, 0.717) is 17.8 Å². The fourth-order valence-corrected chi connectivity index (χ4v) is 5.38. The van der Waals surface area contributed by atoms with Crippen molar-refractivity contribution in [1.29, 1.82) is 0 Å². The molecule has 1 aliphatic carbocycles. The molecule has 0 unspecified atom stereocenters. The highest BCUT2D eigenvalue weighted by Crippen LogP contribution is 2.34. The van der Waals surface area contributed by atoms with Gasteiger partial charge in [-0.15, -0.1) is 11.3 Å². The van der Waals surface area contributed by atoms with Crippen LogP contribution in [0.1, 0.15) is 46.5 Å². The molecule has 1 fully saturated rings. The molecule has 0 spiro atoms. The quantitative estimate of drug-likeness (QED) is 0.755. The first-order valence-electron chi connectivity index (χ1n) is 9.58. The van der Waals surface area contributed by atoms with Gasteiger partial charge < -0.3 is 10.1 Å². The number of ether oxygens (including phenoxy) is 1. The highest BCUT2D eigenvalue weighted by molar-refractivity contribution is 7.18. The van der Waals surface area contributed by atoms with Crippen LogP contribution in [-0.2, 0) is 17.6 Å². The molecule has 2 aliphatic rings. The minimum Gasteiger partial charge on any atom is -0.376 e. The number of hydrogen-bond acceptors (Lipinski definition) is 5. The van der Waals surface area contributed by atoms with E-state index >= 15 is 0 Å². The van der Waals surface area contributed by atoms with Gasteiger partial charge in [0.2, 0.25) is 0 Å². The molecule has 6 nitrogen and oxygen atoms in total. The van der Waals surface area contributed by atoms with Gasteiger partial charge in [0.05, 0.1) is 17.1 Å². The van der Waals surface area contributed by atoms with Gasteiger partial charge >= 0.3 is 0 Å². The van der Waals surface area contributed by atoms with Gasteiger partial charge in [-0.3, -0.25) is 14.0 Å². The Bertz CT molecular complexity index is 1100. The van der Waals surface area contributed by atoms with Crippen LogP contribution in [0.25, 0.3) is 15.9 Å². The molecule has 140 valence electrons. The number of carbonyl (C=O) groups excluding carboxylic acids is 1. The average molecular weight is 383 g/mol. The number of hydrogen-bond donors (Lipinski definition) is 1. The maximum Gasteiger partial charge on any atom is 0.266 e. The number of nitrogens with one attached hydrogen (secondary N) is 1. The second-order valence-electron chi connectivity index (χ2n) is 7.27. The predicted molar refractivity (Wildman–Crippen MR) is 105 cm³/mol. The van der Waals surface area contributed by atoms with Crippen molar-refractivity contribution in [3.63, 3.8) is 0 Å². The number of pyridine rings is 1. The van der Waals surface area contributed by atoms with Gasteiger partial charge in [-0.2, -0.15) is 0 Å². The second-order valence-corrected chi connectivity index (χ2v) is 8.35. The van der Waals surface area contributed by atoms with E-state index in [1.165, 1.54) is 14.8 Å². The van der Waals surface area contributed by atoms with Crippen LogP contribution in [0.4, 0.5) is 0 Å². The number of aryl methyl sites for hydroxylation is 2. The first-order valence-corrected chi connectivity index (χ1v) is 10.4. The Kier molecular flexibility index (Phi) is 4.21. The number of aromatic nitrogens is 2. The number of rotatable bonds is 3. The molecule has 1 aliphatic heterocycles. The van der Waals surface area contributed by atoms with Crippen LogP contribution in [-0.4, -0.2) is 34.5 Å². The lowest BCUT2D eigenvalue weighted by molar-refractivity contribution is 0.0858. The third-order valence-corrected chi connectivity index (χ3v) is 6.70. The summed E-state index contributed by atoms with van der Waals surface area (Å²) in [6.07, 6.45) is 8.03. The van der Waals surface area contributed by atoms with Crippen molar-refractivity contribution in [2.45, 2.75) is 44.6 Å². The summed E-state index contributed by atoms with van der Waals surface area (Å²) in [5.41, 5.74) is 1.96. The Morgan fingerprint density at radius 3 is 3.07 bits per heavy atom. The summed E-state index contributed by atoms with van der Waals surface area (Å²) in [5, 5.41) is 3.67. The number of carbonyl (C=O) groups is 1. The number of amides is 1. The number of nitrogens with zero attached hydrogens (tertiary/aromatic N) is 2. The maximum absolute atomic E-state index is 13.1. The third kappa shape index (κ3) is 2.85. The molecule has 0 aromatic carbocycles. The van der Waals surface area contributed by atoms with Crippen molar-refractivity contribution >= 4 is 33.1 Å². The van der Waals surface area contributed by atoms with Crippen LogP contribution in [0.3, 0.4) is 0 Å². The van der Waals surface area contributed by atoms with Gasteiger partial charge in [0.1, 0.15) is 4.83 Å². The molecule has 5 rings (SSSR count). The summed E-state index contributed by atoms with van der Waals surface area (Å²) in [4.78, 5) is 32.6. The zero-order valence-corrected chi connectivity index (χ0v) is 15.8. The zero-order chi connectivity index (χ0) is 18.4. The van der Waals surface area contributed by atoms with Crippen LogP contribution in [0.5, 0.6) is 0 Å². The van der Waals surface area contributed by atoms with E-state index in [4.69, 9.17) is 9.72 Å². The van der Waals surface area contributed by atoms with E-state index in [0.717, 1.165) is 55.3 Å². The zero-order valence-electron chi connectivity index (χ0n) is 15.0. The monoisotopic (exact) mass is 383 g/mol. The van der Waals surface area contributed by atoms with E-state index in [1.807, 2.05) is 0 Å². The first kappa shape index (κ1) is 16.9. The highest BCUT2D eigenvalue weighted by Gasteiger charge is 2.23. The van der Waals surface area contributed by atoms with E-state index in [9.17, 15) is 9.59 Å². The molecule has 0 radical (unpaired) electrons. The van der Waals surface area contributed by atoms with Crippen molar-refractivity contribution in [2.24, 2.45) is 0 Å². The molecule has 0 bridgehead atoms. The SMILES string of the molecule is O=C(NC[C@H]1CCCO1)c1cccn2c(=O)c3c4c(sc3nc12)CCCC4. The van der Waals surface area contributed by atoms with Crippen molar-refractivity contribution in [3.8, 4) is 0 Å². The Morgan fingerprint density at radius 1 is 1.33 bits per heavy atom. The summed E-state index contributed by atoms with van der Waals surface area (Å²) >= 11 is 1.61. The molecule has 27 heavy (non-hydrogen) atoms. The topological polar surface area (TPSA) is 72.7 Å². The van der Waals surface area contributed by atoms with Crippen LogP contribution in [0, 0.1) is 0 Å². The lowest BCUT2D eigenvalue weighted by Gasteiger charge is -2.12. The molecule has 1 saturated heterocycles. The summed E-state index contributed by atoms with van der Waals surface area (Å²) in [5.74, 6) is -0.212. The number of fused-ring (bicyclic) bond motifs is 4. The third-order valence-electron chi connectivity index (χ3n) is 5.52. The molecule has 3 aromatic rings. The van der Waals surface area contributed by atoms with Crippen molar-refractivity contribution in [2.75, 3.05) is 13.2 Å². The minimum absolute atomic E-state index is 0.0665. The van der Waals surface area contributed by atoms with Crippen molar-refractivity contribution in [1.82, 2.24) is 14.7 Å². The average Bonchev–Trinajstić information content (AvgIpc) is 3.33. The summed E-state index contributed by atoms with van der Waals surface area (Å²) in [7, 11) is 0. The van der Waals surface area contributed by atoms with Crippen LogP contribution in [0.2, 0.25) is 0 Å². The smallest absolute Gasteiger partial charge is 0.266 e. The predicted octanol–water partition coefficient (Wildman–Crippen LogP) is 2.70. The van der Waals surface area contributed by atoms with E-state index < -0.39 is 0 Å². The highest BCUT2D eigenvalue weighted by atomic mass is 32.1. The van der Waals surface area contributed by atoms with Crippen LogP contribution in [0.15, 0.2) is 23.1 Å². The molecule has 3 aromatic heterocycles. The van der Waals surface area contributed by atoms with Gasteiger partial charge in [-0.1, -0.05) is 0 Å². The molecular weight excluding hydrogens is 362 g/mol. The fourth-order valence-electron chi connectivity index (χ4n) is 4.13. The Hall–Kier alpha value is -2.25. The first-order chi connectivity index (χ1) is 13.2. The standard InChI is InChI=1S/C20H21N3O3S/c24-18(21-11-12-5-4-10-26-12)14-7-3-9-23-17(14)22-19-16(20(23)25)13-6-1-2-8-15(13)27-19/h3,7,9,12H,1-2,4-6,8,10-11H2,(H,21,24)/t12-/m1/s1. The molecular formula is C20H21N3O3S. The molecule has 1 amide bonds. The maximum atomic E-state index is 13.1. The van der Waals surface area contributed by atoms with Crippen molar-refractivity contribution < 1.29 is 9.53 Å². The molecule has 0 saturated carbocycles. The largest absolute Gasteiger partial charge is 0.376 e. The normalized spacial score (nSPS) is 19.5. The summed E-state index contributed by atoms with van der Waals surface area (Å²) in [6.45, 7) is 1.24. The molecule has 1 N–H and O–H groups in total. The van der Waals surface area contributed by atoms with Gasteiger partial charge in [0.25, 0.3) is 11.5 Å². The molecule has 7 heteroatoms. The van der Waals surface area contributed by atoms with Gasteiger partial charge in [-0.25, -0.2) is 4.98 Å². The number of thiophene rings is 1. The lowest BCUT2D eigenvalue weighted by Crippen LogP contribution is -2.32. The second kappa shape index (κ2) is 6.73. The van der Waals surface area contributed by atoms with Gasteiger partial charge in [-0.05, 0) is 56.2 Å². The molecule has 1 atom stereocenters. The Labute approximate surface area is 160 Å². The fraction of sp³-hybridized carbons (Fsp3) is 0.450. The Balaban J connectivity index is 1.58. The van der Waals surface area contributed by atoms with E-state index in [1.54, 1.807) is 29.7 Å². The van der Waals surface area contributed by atoms with Gasteiger partial charge in [0.15, 0.2) is 5.65 Å². The van der Waals surface area contributed by atoms with E-state index in [2.05, 4.69) is 5.32 Å². The summed E-state index contributed by atoms with van der Waals surface area (Å²) < 4.78 is 7.08.